The number of aromatic nitrogens is 1. The van der Waals surface area contributed by atoms with Gasteiger partial charge in [-0.15, -0.1) is 0 Å². The third kappa shape index (κ3) is 8.09. The number of nitrogens with zero attached hydrogens (tertiary/aromatic N) is 2. The number of alkyl carbamates (subject to hydrolysis) is 1. The molecule has 4 N–H and O–H groups in total. The zero-order chi connectivity index (χ0) is 32.3. The van der Waals surface area contributed by atoms with Crippen molar-refractivity contribution in [2.75, 3.05) is 43.1 Å². The minimum absolute atomic E-state index is 0.0855. The summed E-state index contributed by atoms with van der Waals surface area (Å²) in [7, 11) is 0. The number of benzene rings is 1. The van der Waals surface area contributed by atoms with Crippen molar-refractivity contribution in [1.82, 2.24) is 15.6 Å². The maximum Gasteiger partial charge on any atom is 0.415 e. The zero-order valence-corrected chi connectivity index (χ0v) is 25.2. The highest BCUT2D eigenvalue weighted by molar-refractivity contribution is 5.95. The summed E-state index contributed by atoms with van der Waals surface area (Å²) < 4.78 is 36.4. The van der Waals surface area contributed by atoms with Crippen LogP contribution in [0.5, 0.6) is 11.5 Å². The lowest BCUT2D eigenvalue weighted by atomic mass is 10.1. The number of hydrogen-bond donors (Lipinski definition) is 4. The fourth-order valence-electron chi connectivity index (χ4n) is 5.31. The van der Waals surface area contributed by atoms with Gasteiger partial charge in [0, 0.05) is 6.07 Å². The predicted octanol–water partition coefficient (Wildman–Crippen LogP) is 2.63. The first kappa shape index (κ1) is 31.8. The second-order valence-corrected chi connectivity index (χ2v) is 12.1. The van der Waals surface area contributed by atoms with Gasteiger partial charge in [-0.3, -0.25) is 9.69 Å². The van der Waals surface area contributed by atoms with Gasteiger partial charge in [0.15, 0.2) is 24.2 Å². The van der Waals surface area contributed by atoms with E-state index in [1.54, 1.807) is 39.0 Å². The number of fused-ring (bicyclic) bond motifs is 2. The van der Waals surface area contributed by atoms with Crippen molar-refractivity contribution in [1.29, 1.82) is 0 Å². The second kappa shape index (κ2) is 13.1. The van der Waals surface area contributed by atoms with E-state index in [4.69, 9.17) is 18.9 Å². The Kier molecular flexibility index (Phi) is 9.27. The average Bonchev–Trinajstić information content (AvgIpc) is 3.55. The monoisotopic (exact) mass is 629 g/mol. The molecule has 0 spiro atoms. The third-order valence-corrected chi connectivity index (χ3v) is 7.36. The average molecular weight is 630 g/mol. The number of carboxylic acids is 1. The number of carbonyl (C=O) groups excluding carboxylic acids is 3. The zero-order valence-electron chi connectivity index (χ0n) is 25.2. The highest BCUT2D eigenvalue weighted by Gasteiger charge is 2.34. The van der Waals surface area contributed by atoms with Crippen molar-refractivity contribution >= 4 is 35.7 Å². The van der Waals surface area contributed by atoms with Crippen LogP contribution < -0.4 is 30.3 Å². The number of carboxylic acid groups (broad SMARTS) is 1. The molecule has 1 saturated heterocycles. The van der Waals surface area contributed by atoms with E-state index in [9.17, 15) is 28.7 Å². The Hall–Kier alpha value is -4.66. The van der Waals surface area contributed by atoms with E-state index in [1.165, 1.54) is 11.0 Å². The van der Waals surface area contributed by atoms with Crippen LogP contribution in [0.3, 0.4) is 0 Å². The summed E-state index contributed by atoms with van der Waals surface area (Å²) in [6.07, 6.45) is -0.0812. The van der Waals surface area contributed by atoms with Gasteiger partial charge in [0.2, 0.25) is 0 Å². The van der Waals surface area contributed by atoms with Gasteiger partial charge in [-0.1, -0.05) is 0 Å². The van der Waals surface area contributed by atoms with Gasteiger partial charge in [-0.25, -0.2) is 23.8 Å². The minimum atomic E-state index is -1.38. The molecule has 242 valence electrons. The molecule has 0 bridgehead atoms. The van der Waals surface area contributed by atoms with Crippen molar-refractivity contribution in [3.05, 3.63) is 41.2 Å². The number of rotatable bonds is 11. The molecule has 3 heterocycles. The summed E-state index contributed by atoms with van der Waals surface area (Å²) in [5.74, 6) is -0.714. The van der Waals surface area contributed by atoms with Crippen LogP contribution in [-0.2, 0) is 31.9 Å². The van der Waals surface area contributed by atoms with Crippen LogP contribution in [-0.4, -0.2) is 84.7 Å². The van der Waals surface area contributed by atoms with Crippen LogP contribution in [0.4, 0.5) is 25.6 Å². The van der Waals surface area contributed by atoms with E-state index >= 15 is 0 Å². The first-order valence-corrected chi connectivity index (χ1v) is 14.6. The van der Waals surface area contributed by atoms with Gasteiger partial charge < -0.3 is 40.0 Å². The summed E-state index contributed by atoms with van der Waals surface area (Å²) in [4.78, 5) is 53.4. The van der Waals surface area contributed by atoms with Gasteiger partial charge in [0.25, 0.3) is 5.91 Å². The van der Waals surface area contributed by atoms with E-state index in [0.29, 0.717) is 56.0 Å². The Morgan fingerprint density at radius 3 is 2.80 bits per heavy atom. The molecule has 15 heteroatoms. The van der Waals surface area contributed by atoms with Crippen molar-refractivity contribution < 1.29 is 47.6 Å². The molecule has 1 fully saturated rings. The lowest BCUT2D eigenvalue weighted by molar-refractivity contribution is -0.140. The molecular weight excluding hydrogens is 593 g/mol. The normalized spacial score (nSPS) is 19.5. The largest absolute Gasteiger partial charge is 0.491 e. The Labute approximate surface area is 258 Å². The molecule has 3 aliphatic rings. The highest BCUT2D eigenvalue weighted by Crippen LogP contribution is 2.33. The van der Waals surface area contributed by atoms with Crippen LogP contribution in [0.25, 0.3) is 0 Å². The number of anilines is 2. The molecule has 3 unspecified atom stereocenters. The number of hydrogen-bond acceptors (Lipinski definition) is 10. The molecule has 14 nitrogen and oxygen atoms in total. The molecule has 45 heavy (non-hydrogen) atoms. The number of carbonyl (C=O) groups is 4. The van der Waals surface area contributed by atoms with Crippen LogP contribution in [0.1, 0.15) is 38.3 Å². The van der Waals surface area contributed by atoms with Crippen molar-refractivity contribution in [2.24, 2.45) is 5.92 Å². The predicted molar refractivity (Wildman–Crippen MR) is 157 cm³/mol. The summed E-state index contributed by atoms with van der Waals surface area (Å²) in [6, 6.07) is 4.82. The van der Waals surface area contributed by atoms with Crippen LogP contribution in [0, 0.1) is 11.7 Å². The van der Waals surface area contributed by atoms with E-state index in [2.05, 4.69) is 20.9 Å². The van der Waals surface area contributed by atoms with Gasteiger partial charge in [-0.2, -0.15) is 0 Å². The first-order valence-electron chi connectivity index (χ1n) is 14.6. The van der Waals surface area contributed by atoms with Crippen LogP contribution in [0.15, 0.2) is 24.3 Å². The smallest absolute Gasteiger partial charge is 0.415 e. The molecule has 3 atom stereocenters. The number of pyridine rings is 1. The van der Waals surface area contributed by atoms with Gasteiger partial charge >= 0.3 is 18.2 Å². The Morgan fingerprint density at radius 1 is 1.24 bits per heavy atom. The first-order chi connectivity index (χ1) is 21.3. The molecule has 5 rings (SSSR count). The van der Waals surface area contributed by atoms with Gasteiger partial charge in [0.1, 0.15) is 35.7 Å². The van der Waals surface area contributed by atoms with Crippen molar-refractivity contribution in [3.8, 4) is 11.5 Å². The maximum absolute atomic E-state index is 14.9. The van der Waals surface area contributed by atoms with Crippen molar-refractivity contribution in [3.63, 3.8) is 0 Å². The highest BCUT2D eigenvalue weighted by atomic mass is 19.1. The Balaban J connectivity index is 1.06. The van der Waals surface area contributed by atoms with E-state index < -0.39 is 42.2 Å². The number of halogens is 1. The Bertz CT molecular complexity index is 1480. The minimum Gasteiger partial charge on any atom is -0.491 e. The number of amides is 3. The molecule has 0 saturated carbocycles. The molecule has 1 aromatic carbocycles. The SMILES string of the molecule is CC(C)(C)OC(=O)NC(COc1cc(F)c2c(c1)CC(CNCCC1CN(c3ccc4c(n3)NC(=O)CO4)C(=O)O1)C2)C(=O)O. The Morgan fingerprint density at radius 2 is 2.04 bits per heavy atom. The third-order valence-electron chi connectivity index (χ3n) is 7.36. The number of ether oxygens (including phenoxy) is 4. The summed E-state index contributed by atoms with van der Waals surface area (Å²) in [5, 5.41) is 17.7. The summed E-state index contributed by atoms with van der Waals surface area (Å²) >= 11 is 0. The number of aliphatic carboxylic acids is 1. The summed E-state index contributed by atoms with van der Waals surface area (Å²) in [5.41, 5.74) is 0.574. The molecular formula is C30H36FN5O9. The van der Waals surface area contributed by atoms with E-state index in [-0.39, 0.29) is 36.1 Å². The molecule has 1 aromatic heterocycles. The van der Waals surface area contributed by atoms with E-state index in [0.717, 1.165) is 5.56 Å². The molecule has 2 aromatic rings. The van der Waals surface area contributed by atoms with Crippen LogP contribution >= 0.6 is 0 Å². The number of cyclic esters (lactones) is 1. The lowest BCUT2D eigenvalue weighted by Gasteiger charge is -2.22. The standard InChI is InChI=1S/C30H36FN5O9/c1-30(2,3)45-28(40)33-22(27(38)39)14-42-19-10-17-8-16(9-20(17)21(31)11-19)12-32-7-6-18-13-36(29(41)44-18)24-5-4-23-26(34-24)35-25(37)15-43-23/h4-5,10-11,16,18,22,32H,6-9,12-15H2,1-3H3,(H,33,40)(H,38,39)(H,34,35,37). The second-order valence-electron chi connectivity index (χ2n) is 12.1. The lowest BCUT2D eigenvalue weighted by Crippen LogP contribution is -2.46. The van der Waals surface area contributed by atoms with E-state index in [1.807, 2.05) is 0 Å². The molecule has 0 radical (unpaired) electrons. The van der Waals surface area contributed by atoms with Crippen molar-refractivity contribution in [2.45, 2.75) is 57.8 Å². The van der Waals surface area contributed by atoms with Gasteiger partial charge in [-0.05, 0) is 88.4 Å². The maximum atomic E-state index is 14.9. The topological polar surface area (TPSA) is 178 Å². The molecule has 1 aliphatic carbocycles. The fourth-order valence-corrected chi connectivity index (χ4v) is 5.31. The van der Waals surface area contributed by atoms with Gasteiger partial charge in [0.05, 0.1) is 6.54 Å². The number of nitrogens with one attached hydrogen (secondary N) is 3. The molecule has 2 aliphatic heterocycles. The quantitative estimate of drug-likeness (QED) is 0.269. The molecule has 3 amide bonds. The summed E-state index contributed by atoms with van der Waals surface area (Å²) in [6.45, 7) is 5.96. The van der Waals surface area contributed by atoms with Crippen LogP contribution in [0.2, 0.25) is 0 Å². The fraction of sp³-hybridized carbons (Fsp3) is 0.500.